The molecule has 0 radical (unpaired) electrons. The van der Waals surface area contributed by atoms with E-state index >= 15 is 0 Å². The van der Waals surface area contributed by atoms with E-state index < -0.39 is 0 Å². The van der Waals surface area contributed by atoms with Crippen LogP contribution >= 0.6 is 11.9 Å². The molecule has 0 unspecified atom stereocenters. The van der Waals surface area contributed by atoms with Gasteiger partial charge in [-0.15, -0.1) is 0 Å². The van der Waals surface area contributed by atoms with Gasteiger partial charge in [-0.3, -0.25) is 0 Å². The maximum absolute atomic E-state index is 5.72. The lowest BCUT2D eigenvalue weighted by Gasteiger charge is -2.23. The number of benzene rings is 1. The fraction of sp³-hybridized carbons (Fsp3) is 0.647. The first-order chi connectivity index (χ1) is 10.1. The third-order valence-electron chi connectivity index (χ3n) is 2.80. The van der Waals surface area contributed by atoms with Gasteiger partial charge in [-0.2, -0.15) is 0 Å². The zero-order valence-corrected chi connectivity index (χ0v) is 15.0. The van der Waals surface area contributed by atoms with Gasteiger partial charge < -0.3 is 11.5 Å². The molecular weight excluding hydrogens is 278 g/mol. The lowest BCUT2D eigenvalue weighted by molar-refractivity contribution is 0.394. The summed E-state index contributed by atoms with van der Waals surface area (Å²) in [5.74, 6) is 0.677. The van der Waals surface area contributed by atoms with E-state index in [1.54, 1.807) is 0 Å². The zero-order valence-electron chi connectivity index (χ0n) is 14.1. The number of hydrogen-bond acceptors (Lipinski definition) is 4. The summed E-state index contributed by atoms with van der Waals surface area (Å²) in [6.07, 6.45) is 3.56. The van der Waals surface area contributed by atoms with Gasteiger partial charge in [0.2, 0.25) is 0 Å². The number of anilines is 1. The van der Waals surface area contributed by atoms with Crippen LogP contribution in [-0.2, 0) is 0 Å². The summed E-state index contributed by atoms with van der Waals surface area (Å²) in [4.78, 5) is 1.26. The standard InChI is InChI=1S/C15H27N3S.C2H6/c1-13(2)12-18(11-5-3-4-10-16)19-15-8-6-14(17)7-9-15;1-2/h6-9,13H,3-5,10-12,16-17H2,1-2H3;1-2H3. The van der Waals surface area contributed by atoms with Crippen molar-refractivity contribution in [1.82, 2.24) is 4.31 Å². The van der Waals surface area contributed by atoms with E-state index in [9.17, 15) is 0 Å². The monoisotopic (exact) mass is 311 g/mol. The van der Waals surface area contributed by atoms with Gasteiger partial charge in [0.05, 0.1) is 0 Å². The van der Waals surface area contributed by atoms with Crippen LogP contribution in [0, 0.1) is 5.92 Å². The van der Waals surface area contributed by atoms with Crippen molar-refractivity contribution in [2.45, 2.75) is 51.9 Å². The Kier molecular flexibility index (Phi) is 12.5. The molecule has 4 N–H and O–H groups in total. The van der Waals surface area contributed by atoms with Crippen molar-refractivity contribution < 1.29 is 0 Å². The Morgan fingerprint density at radius 2 is 1.67 bits per heavy atom. The number of unbranched alkanes of at least 4 members (excludes halogenated alkanes) is 2. The predicted molar refractivity (Wildman–Crippen MR) is 97.4 cm³/mol. The van der Waals surface area contributed by atoms with Gasteiger partial charge >= 0.3 is 0 Å². The smallest absolute Gasteiger partial charge is 0.0314 e. The van der Waals surface area contributed by atoms with E-state index in [1.807, 2.05) is 37.9 Å². The Hall–Kier alpha value is -0.710. The van der Waals surface area contributed by atoms with E-state index in [4.69, 9.17) is 11.5 Å². The van der Waals surface area contributed by atoms with Crippen molar-refractivity contribution in [3.8, 4) is 0 Å². The van der Waals surface area contributed by atoms with Gasteiger partial charge in [0, 0.05) is 23.7 Å². The minimum absolute atomic E-state index is 0.677. The topological polar surface area (TPSA) is 55.3 Å². The van der Waals surface area contributed by atoms with Gasteiger partial charge in [-0.25, -0.2) is 4.31 Å². The molecule has 21 heavy (non-hydrogen) atoms. The Labute approximate surface area is 135 Å². The molecule has 0 saturated heterocycles. The summed E-state index contributed by atoms with van der Waals surface area (Å²) < 4.78 is 2.45. The van der Waals surface area contributed by atoms with Crippen LogP contribution in [0.3, 0.4) is 0 Å². The van der Waals surface area contributed by atoms with Crippen LogP contribution in [0.4, 0.5) is 5.69 Å². The largest absolute Gasteiger partial charge is 0.399 e. The first-order valence-electron chi connectivity index (χ1n) is 8.10. The van der Waals surface area contributed by atoms with E-state index in [2.05, 4.69) is 30.3 Å². The highest BCUT2D eigenvalue weighted by molar-refractivity contribution is 7.97. The van der Waals surface area contributed by atoms with Gasteiger partial charge in [0.15, 0.2) is 0 Å². The van der Waals surface area contributed by atoms with Crippen LogP contribution in [0.5, 0.6) is 0 Å². The Bertz CT molecular complexity index is 338. The van der Waals surface area contributed by atoms with Crippen LogP contribution in [0.1, 0.15) is 47.0 Å². The first kappa shape index (κ1) is 20.3. The predicted octanol–water partition coefficient (Wildman–Crippen LogP) is 4.39. The molecule has 0 aliphatic heterocycles. The van der Waals surface area contributed by atoms with E-state index in [1.165, 1.54) is 17.7 Å². The molecule has 0 saturated carbocycles. The third kappa shape index (κ3) is 10.6. The Morgan fingerprint density at radius 1 is 1.05 bits per heavy atom. The SMILES string of the molecule is CC.CC(C)CN(CCCCCN)Sc1ccc(N)cc1. The number of nitrogens with zero attached hydrogens (tertiary/aromatic N) is 1. The molecular formula is C17H33N3S. The van der Waals surface area contributed by atoms with E-state index in [0.29, 0.717) is 5.92 Å². The second kappa shape index (κ2) is 13.0. The molecule has 1 rings (SSSR count). The summed E-state index contributed by atoms with van der Waals surface area (Å²) in [5, 5.41) is 0. The van der Waals surface area contributed by atoms with Crippen molar-refractivity contribution in [2.75, 3.05) is 25.4 Å². The Balaban J connectivity index is 0.00000191. The fourth-order valence-corrected chi connectivity index (χ4v) is 3.02. The number of hydrogen-bond donors (Lipinski definition) is 2. The maximum Gasteiger partial charge on any atom is 0.0314 e. The van der Waals surface area contributed by atoms with Gasteiger partial charge in [0.25, 0.3) is 0 Å². The third-order valence-corrected chi connectivity index (χ3v) is 3.87. The van der Waals surface area contributed by atoms with Crippen molar-refractivity contribution >= 4 is 17.6 Å². The molecule has 1 aromatic rings. The highest BCUT2D eigenvalue weighted by Gasteiger charge is 2.09. The lowest BCUT2D eigenvalue weighted by Crippen LogP contribution is -2.22. The molecule has 0 heterocycles. The van der Waals surface area contributed by atoms with Crippen molar-refractivity contribution in [3.05, 3.63) is 24.3 Å². The normalized spacial score (nSPS) is 10.6. The molecule has 0 aliphatic carbocycles. The van der Waals surface area contributed by atoms with Crippen molar-refractivity contribution in [2.24, 2.45) is 11.7 Å². The average Bonchev–Trinajstić information content (AvgIpc) is 2.47. The summed E-state index contributed by atoms with van der Waals surface area (Å²) in [6, 6.07) is 8.11. The number of nitrogen functional groups attached to an aromatic ring is 1. The van der Waals surface area contributed by atoms with Crippen molar-refractivity contribution in [1.29, 1.82) is 0 Å². The molecule has 4 heteroatoms. The molecule has 0 atom stereocenters. The maximum atomic E-state index is 5.72. The summed E-state index contributed by atoms with van der Waals surface area (Å²) in [7, 11) is 0. The van der Waals surface area contributed by atoms with Crippen LogP contribution < -0.4 is 11.5 Å². The molecule has 0 bridgehead atoms. The Morgan fingerprint density at radius 3 is 2.19 bits per heavy atom. The molecule has 122 valence electrons. The van der Waals surface area contributed by atoms with Crippen LogP contribution in [0.2, 0.25) is 0 Å². The summed E-state index contributed by atoms with van der Waals surface area (Å²) in [6.45, 7) is 11.5. The van der Waals surface area contributed by atoms with E-state index in [0.717, 1.165) is 31.7 Å². The minimum Gasteiger partial charge on any atom is -0.399 e. The second-order valence-electron chi connectivity index (χ2n) is 5.29. The average molecular weight is 312 g/mol. The molecule has 0 spiro atoms. The quantitative estimate of drug-likeness (QED) is 0.403. The molecule has 3 nitrogen and oxygen atoms in total. The molecule has 0 fully saturated rings. The number of nitrogens with two attached hydrogens (primary N) is 2. The molecule has 0 aromatic heterocycles. The van der Waals surface area contributed by atoms with Gasteiger partial charge in [0.1, 0.15) is 0 Å². The molecule has 0 aliphatic rings. The highest BCUT2D eigenvalue weighted by Crippen LogP contribution is 2.25. The lowest BCUT2D eigenvalue weighted by atomic mass is 10.2. The molecule has 0 amide bonds. The second-order valence-corrected chi connectivity index (χ2v) is 6.46. The van der Waals surface area contributed by atoms with Gasteiger partial charge in [-0.05, 0) is 61.5 Å². The minimum atomic E-state index is 0.677. The van der Waals surface area contributed by atoms with Crippen molar-refractivity contribution in [3.63, 3.8) is 0 Å². The zero-order chi connectivity index (χ0) is 16.1. The summed E-state index contributed by atoms with van der Waals surface area (Å²) in [5.41, 5.74) is 12.1. The van der Waals surface area contributed by atoms with E-state index in [-0.39, 0.29) is 0 Å². The van der Waals surface area contributed by atoms with Crippen LogP contribution in [0.25, 0.3) is 0 Å². The number of rotatable bonds is 9. The first-order valence-corrected chi connectivity index (χ1v) is 8.87. The highest BCUT2D eigenvalue weighted by atomic mass is 32.2. The molecule has 1 aromatic carbocycles. The van der Waals surface area contributed by atoms with Crippen LogP contribution in [0.15, 0.2) is 29.2 Å². The fourth-order valence-electron chi connectivity index (χ4n) is 1.87. The summed E-state index contributed by atoms with van der Waals surface area (Å²) >= 11 is 1.83. The van der Waals surface area contributed by atoms with Crippen LogP contribution in [-0.4, -0.2) is 23.9 Å². The van der Waals surface area contributed by atoms with Gasteiger partial charge in [-0.1, -0.05) is 34.1 Å².